The monoisotopic (exact) mass is 283 g/mol. The summed E-state index contributed by atoms with van der Waals surface area (Å²) >= 11 is 0. The molecule has 0 aliphatic carbocycles. The summed E-state index contributed by atoms with van der Waals surface area (Å²) in [5, 5.41) is 0. The van der Waals surface area contributed by atoms with Crippen molar-refractivity contribution in [3.05, 3.63) is 11.3 Å². The van der Waals surface area contributed by atoms with Gasteiger partial charge in [0.1, 0.15) is 6.23 Å². The van der Waals surface area contributed by atoms with E-state index in [0.29, 0.717) is 19.1 Å². The number of esters is 1. The molecule has 0 amide bonds. The zero-order valence-corrected chi connectivity index (χ0v) is 13.6. The maximum atomic E-state index is 12.1. The molecule has 1 aliphatic rings. The van der Waals surface area contributed by atoms with E-state index in [9.17, 15) is 4.79 Å². The maximum Gasteiger partial charge on any atom is 0.335 e. The van der Waals surface area contributed by atoms with Crippen LogP contribution in [0.1, 0.15) is 53.9 Å². The van der Waals surface area contributed by atoms with Crippen molar-refractivity contribution >= 4 is 5.97 Å². The van der Waals surface area contributed by atoms with Crippen molar-refractivity contribution in [1.29, 1.82) is 0 Å². The van der Waals surface area contributed by atoms with E-state index >= 15 is 0 Å². The summed E-state index contributed by atoms with van der Waals surface area (Å²) in [6.45, 7) is 12.2. The minimum absolute atomic E-state index is 0.0738. The lowest BCUT2D eigenvalue weighted by atomic mass is 9.92. The van der Waals surface area contributed by atoms with Gasteiger partial charge < -0.3 is 14.4 Å². The molecule has 1 rings (SSSR count). The number of ether oxygens (including phenoxy) is 2. The number of carbonyl (C=O) groups excluding carboxylic acids is 1. The third-order valence-electron chi connectivity index (χ3n) is 3.80. The van der Waals surface area contributed by atoms with Crippen LogP contribution in [0.5, 0.6) is 0 Å². The molecule has 4 nitrogen and oxygen atoms in total. The van der Waals surface area contributed by atoms with E-state index in [-0.39, 0.29) is 12.2 Å². The van der Waals surface area contributed by atoms with Gasteiger partial charge in [-0.3, -0.25) is 0 Å². The van der Waals surface area contributed by atoms with Crippen molar-refractivity contribution in [2.75, 3.05) is 19.8 Å². The minimum atomic E-state index is -0.173. The van der Waals surface area contributed by atoms with Gasteiger partial charge >= 0.3 is 5.97 Å². The lowest BCUT2D eigenvalue weighted by molar-refractivity contribution is -0.140. The van der Waals surface area contributed by atoms with Crippen molar-refractivity contribution in [1.82, 2.24) is 4.90 Å². The quantitative estimate of drug-likeness (QED) is 0.672. The molecule has 0 spiro atoms. The zero-order chi connectivity index (χ0) is 15.1. The highest BCUT2D eigenvalue weighted by atomic mass is 16.5. The maximum absolute atomic E-state index is 12.1. The molecular formula is C16H29NO3. The van der Waals surface area contributed by atoms with Crippen molar-refractivity contribution in [2.24, 2.45) is 5.92 Å². The fraction of sp³-hybridized carbons (Fsp3) is 0.812. The minimum Gasteiger partial charge on any atom is -0.463 e. The number of carbonyl (C=O) groups is 1. The first-order valence-electron chi connectivity index (χ1n) is 7.81. The van der Waals surface area contributed by atoms with Crippen LogP contribution in [0.2, 0.25) is 0 Å². The number of nitrogens with zero attached hydrogens (tertiary/aromatic N) is 1. The van der Waals surface area contributed by atoms with E-state index < -0.39 is 0 Å². The van der Waals surface area contributed by atoms with Crippen LogP contribution in [-0.4, -0.2) is 36.9 Å². The fourth-order valence-electron chi connectivity index (χ4n) is 2.74. The summed E-state index contributed by atoms with van der Waals surface area (Å²) in [6, 6.07) is 0. The van der Waals surface area contributed by atoms with Gasteiger partial charge in [-0.15, -0.1) is 0 Å². The Morgan fingerprint density at radius 3 is 2.55 bits per heavy atom. The Bertz CT molecular complexity index is 352. The number of hydrogen-bond donors (Lipinski definition) is 0. The van der Waals surface area contributed by atoms with E-state index in [1.54, 1.807) is 0 Å². The van der Waals surface area contributed by atoms with Crippen LogP contribution in [0, 0.1) is 5.92 Å². The van der Waals surface area contributed by atoms with Crippen molar-refractivity contribution in [2.45, 2.75) is 60.1 Å². The van der Waals surface area contributed by atoms with Crippen LogP contribution >= 0.6 is 0 Å². The van der Waals surface area contributed by atoms with Crippen molar-refractivity contribution in [3.8, 4) is 0 Å². The van der Waals surface area contributed by atoms with Crippen molar-refractivity contribution in [3.63, 3.8) is 0 Å². The van der Waals surface area contributed by atoms with Crippen molar-refractivity contribution < 1.29 is 14.3 Å². The molecule has 2 unspecified atom stereocenters. The molecular weight excluding hydrogens is 254 g/mol. The third kappa shape index (κ3) is 3.98. The van der Waals surface area contributed by atoms with E-state index in [4.69, 9.17) is 9.47 Å². The average Bonchev–Trinajstić information content (AvgIpc) is 2.42. The second-order valence-electron chi connectivity index (χ2n) is 5.36. The molecule has 0 aromatic rings. The largest absolute Gasteiger partial charge is 0.463 e. The van der Waals surface area contributed by atoms with Gasteiger partial charge in [-0.1, -0.05) is 20.3 Å². The lowest BCUT2D eigenvalue weighted by Crippen LogP contribution is -2.45. The Morgan fingerprint density at radius 2 is 2.00 bits per heavy atom. The molecule has 2 atom stereocenters. The Labute approximate surface area is 123 Å². The first-order valence-corrected chi connectivity index (χ1v) is 7.81. The van der Waals surface area contributed by atoms with Gasteiger partial charge in [-0.2, -0.15) is 0 Å². The molecule has 116 valence electrons. The Kier molecular flexibility index (Phi) is 7.06. The second kappa shape index (κ2) is 8.30. The standard InChI is InChI=1S/C16H29NO3/c1-6-9-10-17-13(5)14(16(18)20-8-3)11-12(4)15(17)19-7-2/h12,15H,6-11H2,1-5H3. The van der Waals surface area contributed by atoms with Crippen LogP contribution in [0.4, 0.5) is 0 Å². The van der Waals surface area contributed by atoms with Gasteiger partial charge in [0.25, 0.3) is 0 Å². The van der Waals surface area contributed by atoms with Crippen LogP contribution in [0.25, 0.3) is 0 Å². The summed E-state index contributed by atoms with van der Waals surface area (Å²) in [6.07, 6.45) is 3.04. The molecule has 0 N–H and O–H groups in total. The molecule has 1 heterocycles. The number of unbranched alkanes of at least 4 members (excludes halogenated alkanes) is 1. The number of hydrogen-bond acceptors (Lipinski definition) is 4. The van der Waals surface area contributed by atoms with Gasteiger partial charge in [-0.25, -0.2) is 4.79 Å². The molecule has 4 heteroatoms. The van der Waals surface area contributed by atoms with Crippen LogP contribution in [0.3, 0.4) is 0 Å². The highest BCUT2D eigenvalue weighted by Crippen LogP contribution is 2.32. The first kappa shape index (κ1) is 17.0. The lowest BCUT2D eigenvalue weighted by Gasteiger charge is -2.42. The Hall–Kier alpha value is -1.03. The molecule has 0 aromatic heterocycles. The van der Waals surface area contributed by atoms with Gasteiger partial charge in [-0.05, 0) is 33.6 Å². The first-order chi connectivity index (χ1) is 9.56. The van der Waals surface area contributed by atoms with Gasteiger partial charge in [0, 0.05) is 24.8 Å². The molecule has 0 saturated heterocycles. The summed E-state index contributed by atoms with van der Waals surface area (Å²) in [5.74, 6) is 0.128. The molecule has 0 saturated carbocycles. The molecule has 0 bridgehead atoms. The fourth-order valence-corrected chi connectivity index (χ4v) is 2.74. The molecule has 0 fully saturated rings. The summed E-state index contributed by atoms with van der Waals surface area (Å²) in [4.78, 5) is 14.3. The Morgan fingerprint density at radius 1 is 1.30 bits per heavy atom. The van der Waals surface area contributed by atoms with Gasteiger partial charge in [0.2, 0.25) is 0 Å². The highest BCUT2D eigenvalue weighted by Gasteiger charge is 2.34. The average molecular weight is 283 g/mol. The van der Waals surface area contributed by atoms with E-state index in [2.05, 4.69) is 18.7 Å². The third-order valence-corrected chi connectivity index (χ3v) is 3.80. The molecule has 0 radical (unpaired) electrons. The SMILES string of the molecule is CCCCN1C(C)=C(C(=O)OCC)CC(C)C1OCC. The van der Waals surface area contributed by atoms with Crippen LogP contribution in [-0.2, 0) is 14.3 Å². The smallest absolute Gasteiger partial charge is 0.335 e. The topological polar surface area (TPSA) is 38.8 Å². The predicted molar refractivity (Wildman–Crippen MR) is 80.1 cm³/mol. The second-order valence-corrected chi connectivity index (χ2v) is 5.36. The van der Waals surface area contributed by atoms with Crippen LogP contribution in [0.15, 0.2) is 11.3 Å². The summed E-state index contributed by atoms with van der Waals surface area (Å²) in [5.41, 5.74) is 1.83. The summed E-state index contributed by atoms with van der Waals surface area (Å²) < 4.78 is 11.1. The highest BCUT2D eigenvalue weighted by molar-refractivity contribution is 5.89. The number of rotatable bonds is 7. The molecule has 1 aliphatic heterocycles. The Balaban J connectivity index is 2.99. The van der Waals surface area contributed by atoms with Crippen LogP contribution < -0.4 is 0 Å². The molecule has 0 aromatic carbocycles. The predicted octanol–water partition coefficient (Wildman–Crippen LogP) is 3.33. The van der Waals surface area contributed by atoms with Gasteiger partial charge in [0.05, 0.1) is 12.2 Å². The van der Waals surface area contributed by atoms with E-state index in [1.165, 1.54) is 0 Å². The summed E-state index contributed by atoms with van der Waals surface area (Å²) in [7, 11) is 0. The van der Waals surface area contributed by atoms with Gasteiger partial charge in [0.15, 0.2) is 0 Å². The molecule has 20 heavy (non-hydrogen) atoms. The van der Waals surface area contributed by atoms with E-state index in [0.717, 1.165) is 37.1 Å². The van der Waals surface area contributed by atoms with E-state index in [1.807, 2.05) is 20.8 Å². The number of allylic oxidation sites excluding steroid dienone is 1. The normalized spacial score (nSPS) is 23.1. The zero-order valence-electron chi connectivity index (χ0n) is 13.6.